The first-order chi connectivity index (χ1) is 14.3. The summed E-state index contributed by atoms with van der Waals surface area (Å²) in [5.74, 6) is -1.67. The van der Waals surface area contributed by atoms with Crippen LogP contribution in [0.3, 0.4) is 0 Å². The van der Waals surface area contributed by atoms with Crippen molar-refractivity contribution >= 4 is 35.0 Å². The fourth-order valence-electron chi connectivity index (χ4n) is 3.30. The van der Waals surface area contributed by atoms with Gasteiger partial charge in [-0.2, -0.15) is 0 Å². The summed E-state index contributed by atoms with van der Waals surface area (Å²) in [4.78, 5) is 50.0. The largest absolute Gasteiger partial charge is 0.497 e. The van der Waals surface area contributed by atoms with Gasteiger partial charge in [-0.1, -0.05) is 11.6 Å². The van der Waals surface area contributed by atoms with Crippen molar-refractivity contribution in [3.05, 3.63) is 86.2 Å². The van der Waals surface area contributed by atoms with E-state index < -0.39 is 23.2 Å². The maximum atomic E-state index is 13.2. The number of pyridine rings is 1. The number of ether oxygens (including phenoxy) is 1. The first-order valence-electron chi connectivity index (χ1n) is 8.71. The number of aromatic nitrogens is 1. The maximum absolute atomic E-state index is 13.2. The third-order valence-corrected chi connectivity index (χ3v) is 5.00. The number of hydrogen-bond donors (Lipinski definition) is 2. The number of fused-ring (bicyclic) bond motifs is 1. The van der Waals surface area contributed by atoms with Crippen LogP contribution in [0.2, 0.25) is 5.02 Å². The highest BCUT2D eigenvalue weighted by atomic mass is 35.5. The van der Waals surface area contributed by atoms with E-state index in [4.69, 9.17) is 22.1 Å². The van der Waals surface area contributed by atoms with Crippen molar-refractivity contribution in [2.45, 2.75) is 0 Å². The zero-order valence-corrected chi connectivity index (χ0v) is 16.3. The molecule has 0 radical (unpaired) electrons. The SMILES string of the molecule is COc1ccc(-n2c(N)c3c(cc2=O)C(=O)NC3=O)c(C(=O)c2ccc(Cl)cc2)c1. The molecule has 9 heteroatoms. The second kappa shape index (κ2) is 7.16. The number of rotatable bonds is 4. The predicted octanol–water partition coefficient (Wildman–Crippen LogP) is 2.20. The Kier molecular flexibility index (Phi) is 4.63. The van der Waals surface area contributed by atoms with Gasteiger partial charge in [0, 0.05) is 16.7 Å². The zero-order valence-electron chi connectivity index (χ0n) is 15.6. The van der Waals surface area contributed by atoms with Crippen LogP contribution < -0.4 is 21.3 Å². The van der Waals surface area contributed by atoms with E-state index in [1.807, 2.05) is 0 Å². The van der Waals surface area contributed by atoms with E-state index in [2.05, 4.69) is 5.32 Å². The number of nitrogens with two attached hydrogens (primary N) is 1. The standard InChI is InChI=1S/C21H14ClN3O5/c1-30-12-6-7-15(13(8-12)18(27)10-2-4-11(22)5-3-10)25-16(26)9-14-17(19(25)23)21(29)24-20(14)28/h2-9H,23H2,1H3,(H,24,28,29). The molecule has 3 N–H and O–H groups in total. The second-order valence-corrected chi connectivity index (χ2v) is 6.93. The fraction of sp³-hybridized carbons (Fsp3) is 0.0476. The number of imide groups is 1. The van der Waals surface area contributed by atoms with Crippen LogP contribution in [-0.2, 0) is 0 Å². The second-order valence-electron chi connectivity index (χ2n) is 6.49. The molecule has 0 spiro atoms. The Bertz CT molecular complexity index is 1300. The molecule has 0 saturated carbocycles. The van der Waals surface area contributed by atoms with Gasteiger partial charge in [-0.15, -0.1) is 0 Å². The molecular formula is C21H14ClN3O5. The lowest BCUT2D eigenvalue weighted by Crippen LogP contribution is -2.25. The van der Waals surface area contributed by atoms with Gasteiger partial charge in [-0.05, 0) is 42.5 Å². The van der Waals surface area contributed by atoms with Gasteiger partial charge >= 0.3 is 0 Å². The van der Waals surface area contributed by atoms with E-state index in [1.54, 1.807) is 30.3 Å². The van der Waals surface area contributed by atoms with E-state index >= 15 is 0 Å². The molecule has 2 amide bonds. The number of halogens is 1. The minimum atomic E-state index is -0.708. The normalized spacial score (nSPS) is 12.5. The van der Waals surface area contributed by atoms with Crippen LogP contribution in [0.15, 0.2) is 53.3 Å². The van der Waals surface area contributed by atoms with Crippen molar-refractivity contribution in [2.75, 3.05) is 12.8 Å². The highest BCUT2D eigenvalue weighted by molar-refractivity contribution is 6.30. The van der Waals surface area contributed by atoms with Gasteiger partial charge in [0.2, 0.25) is 0 Å². The molecule has 0 fully saturated rings. The van der Waals surface area contributed by atoms with Gasteiger partial charge in [0.25, 0.3) is 17.4 Å². The molecule has 150 valence electrons. The Morgan fingerprint density at radius 2 is 1.73 bits per heavy atom. The predicted molar refractivity (Wildman–Crippen MR) is 110 cm³/mol. The smallest absolute Gasteiger partial charge is 0.262 e. The summed E-state index contributed by atoms with van der Waals surface area (Å²) >= 11 is 5.90. The number of methoxy groups -OCH3 is 1. The number of anilines is 1. The molecule has 2 aromatic carbocycles. The molecule has 0 saturated heterocycles. The molecule has 30 heavy (non-hydrogen) atoms. The highest BCUT2D eigenvalue weighted by Gasteiger charge is 2.32. The summed E-state index contributed by atoms with van der Waals surface area (Å²) in [7, 11) is 1.44. The van der Waals surface area contributed by atoms with Crippen LogP contribution in [0.5, 0.6) is 5.75 Å². The third kappa shape index (κ3) is 3.03. The Labute approximate surface area is 174 Å². The minimum Gasteiger partial charge on any atom is -0.497 e. The Morgan fingerprint density at radius 1 is 1.03 bits per heavy atom. The number of hydrogen-bond acceptors (Lipinski definition) is 6. The van der Waals surface area contributed by atoms with E-state index in [0.717, 1.165) is 10.6 Å². The van der Waals surface area contributed by atoms with E-state index in [-0.39, 0.29) is 28.2 Å². The molecule has 3 aromatic rings. The molecule has 1 aliphatic heterocycles. The van der Waals surface area contributed by atoms with Gasteiger partial charge in [-0.3, -0.25) is 29.1 Å². The van der Waals surface area contributed by atoms with E-state index in [0.29, 0.717) is 16.3 Å². The van der Waals surface area contributed by atoms with Crippen molar-refractivity contribution in [1.29, 1.82) is 0 Å². The fourth-order valence-corrected chi connectivity index (χ4v) is 3.43. The number of carbonyl (C=O) groups excluding carboxylic acids is 3. The minimum absolute atomic E-state index is 0.0992. The molecule has 8 nitrogen and oxygen atoms in total. The third-order valence-electron chi connectivity index (χ3n) is 4.75. The lowest BCUT2D eigenvalue weighted by atomic mass is 10.0. The summed E-state index contributed by atoms with van der Waals surface area (Å²) < 4.78 is 6.24. The topological polar surface area (TPSA) is 120 Å². The number of benzene rings is 2. The number of amides is 2. The zero-order chi connectivity index (χ0) is 21.6. The van der Waals surface area contributed by atoms with Crippen LogP contribution in [0, 0.1) is 0 Å². The molecule has 1 aromatic heterocycles. The van der Waals surface area contributed by atoms with Crippen LogP contribution in [-0.4, -0.2) is 29.3 Å². The molecule has 2 heterocycles. The van der Waals surface area contributed by atoms with Gasteiger partial charge < -0.3 is 10.5 Å². The summed E-state index contributed by atoms with van der Waals surface area (Å²) in [6.07, 6.45) is 0. The van der Waals surface area contributed by atoms with Crippen molar-refractivity contribution in [3.8, 4) is 11.4 Å². The first kappa shape index (κ1) is 19.4. The number of nitrogens with zero attached hydrogens (tertiary/aromatic N) is 1. The lowest BCUT2D eigenvalue weighted by molar-refractivity contribution is 0.0879. The Morgan fingerprint density at radius 3 is 2.40 bits per heavy atom. The van der Waals surface area contributed by atoms with E-state index in [9.17, 15) is 19.2 Å². The Balaban J connectivity index is 1.97. The molecule has 0 bridgehead atoms. The maximum Gasteiger partial charge on any atom is 0.262 e. The van der Waals surface area contributed by atoms with Crippen molar-refractivity contribution in [3.63, 3.8) is 0 Å². The molecule has 0 atom stereocenters. The van der Waals surface area contributed by atoms with Gasteiger partial charge in [0.05, 0.1) is 29.5 Å². The van der Waals surface area contributed by atoms with Crippen LogP contribution in [0.4, 0.5) is 5.82 Å². The van der Waals surface area contributed by atoms with Crippen molar-refractivity contribution < 1.29 is 19.1 Å². The van der Waals surface area contributed by atoms with Crippen molar-refractivity contribution in [2.24, 2.45) is 0 Å². The molecule has 1 aliphatic rings. The van der Waals surface area contributed by atoms with Gasteiger partial charge in [0.1, 0.15) is 11.6 Å². The summed E-state index contributed by atoms with van der Waals surface area (Å²) in [5.41, 5.74) is 5.83. The quantitative estimate of drug-likeness (QED) is 0.490. The van der Waals surface area contributed by atoms with Crippen LogP contribution in [0.25, 0.3) is 5.69 Å². The lowest BCUT2D eigenvalue weighted by Gasteiger charge is -2.16. The van der Waals surface area contributed by atoms with E-state index in [1.165, 1.54) is 19.2 Å². The molecule has 4 rings (SSSR count). The first-order valence-corrected chi connectivity index (χ1v) is 9.09. The molecular weight excluding hydrogens is 410 g/mol. The van der Waals surface area contributed by atoms with Crippen LogP contribution >= 0.6 is 11.6 Å². The van der Waals surface area contributed by atoms with Gasteiger partial charge in [-0.25, -0.2) is 0 Å². The molecule has 0 aliphatic carbocycles. The van der Waals surface area contributed by atoms with Crippen LogP contribution in [0.1, 0.15) is 36.6 Å². The number of carbonyl (C=O) groups is 3. The number of nitrogen functional groups attached to an aromatic ring is 1. The average Bonchev–Trinajstić information content (AvgIpc) is 3.01. The summed E-state index contributed by atoms with van der Waals surface area (Å²) in [6.45, 7) is 0. The number of nitrogens with one attached hydrogen (secondary N) is 1. The summed E-state index contributed by atoms with van der Waals surface area (Å²) in [6, 6.07) is 11.8. The Hall–Kier alpha value is -3.91. The summed E-state index contributed by atoms with van der Waals surface area (Å²) in [5, 5.41) is 2.57. The monoisotopic (exact) mass is 423 g/mol. The van der Waals surface area contributed by atoms with Crippen molar-refractivity contribution in [1.82, 2.24) is 9.88 Å². The van der Waals surface area contributed by atoms with Gasteiger partial charge in [0.15, 0.2) is 5.78 Å². The highest BCUT2D eigenvalue weighted by Crippen LogP contribution is 2.28. The molecule has 0 unspecified atom stereocenters. The number of ketones is 1. The average molecular weight is 424 g/mol.